The van der Waals surface area contributed by atoms with E-state index in [0.29, 0.717) is 31.5 Å². The van der Waals surface area contributed by atoms with E-state index < -0.39 is 41.9 Å². The van der Waals surface area contributed by atoms with Crippen molar-refractivity contribution in [2.45, 2.75) is 63.8 Å². The number of amides is 1. The van der Waals surface area contributed by atoms with Crippen LogP contribution in [-0.4, -0.2) is 33.6 Å². The fraction of sp³-hybridized carbons (Fsp3) is 0.500. The van der Waals surface area contributed by atoms with Crippen molar-refractivity contribution in [1.29, 1.82) is 0 Å². The second-order valence-electron chi connectivity index (χ2n) is 9.14. The van der Waals surface area contributed by atoms with Crippen molar-refractivity contribution in [1.82, 2.24) is 15.3 Å². The van der Waals surface area contributed by atoms with Crippen LogP contribution in [0.25, 0.3) is 0 Å². The molecular formula is C24H26F3N3O2. The predicted octanol–water partition coefficient (Wildman–Crippen LogP) is 4.44. The number of aryl methyl sites for hydroxylation is 2. The van der Waals surface area contributed by atoms with E-state index in [2.05, 4.69) is 15.3 Å². The minimum absolute atomic E-state index is 0.0729. The molecule has 32 heavy (non-hydrogen) atoms. The van der Waals surface area contributed by atoms with Crippen LogP contribution in [0.5, 0.6) is 0 Å². The van der Waals surface area contributed by atoms with Gasteiger partial charge >= 0.3 is 0 Å². The number of alkyl halides is 2. The smallest absolute Gasteiger partial charge is 0.251 e. The van der Waals surface area contributed by atoms with Gasteiger partial charge < -0.3 is 5.32 Å². The number of halogens is 3. The first kappa shape index (κ1) is 22.4. The monoisotopic (exact) mass is 445 g/mol. The van der Waals surface area contributed by atoms with E-state index >= 15 is 0 Å². The summed E-state index contributed by atoms with van der Waals surface area (Å²) < 4.78 is 42.8. The molecule has 5 nitrogen and oxygen atoms in total. The third kappa shape index (κ3) is 4.84. The Morgan fingerprint density at radius 3 is 2.81 bits per heavy atom. The summed E-state index contributed by atoms with van der Waals surface area (Å²) in [5.41, 5.74) is -0.224. The third-order valence-corrected chi connectivity index (χ3v) is 6.65. The van der Waals surface area contributed by atoms with Crippen LogP contribution in [0.15, 0.2) is 36.5 Å². The second kappa shape index (κ2) is 8.64. The van der Waals surface area contributed by atoms with Gasteiger partial charge in [0.2, 0.25) is 0 Å². The number of ketones is 1. The van der Waals surface area contributed by atoms with Crippen molar-refractivity contribution in [2.75, 3.05) is 0 Å². The summed E-state index contributed by atoms with van der Waals surface area (Å²) in [4.78, 5) is 34.2. The van der Waals surface area contributed by atoms with Crippen molar-refractivity contribution >= 4 is 11.7 Å². The molecular weight excluding hydrogens is 419 g/mol. The number of hydrogen-bond donors (Lipinski definition) is 1. The Morgan fingerprint density at radius 2 is 2.06 bits per heavy atom. The van der Waals surface area contributed by atoms with E-state index in [1.54, 1.807) is 19.2 Å². The average Bonchev–Trinajstić information content (AvgIpc) is 2.99. The van der Waals surface area contributed by atoms with E-state index in [4.69, 9.17) is 0 Å². The lowest BCUT2D eigenvalue weighted by Gasteiger charge is -2.41. The lowest BCUT2D eigenvalue weighted by atomic mass is 9.68. The molecule has 2 fully saturated rings. The highest BCUT2D eigenvalue weighted by Crippen LogP contribution is 2.53. The second-order valence-corrected chi connectivity index (χ2v) is 9.14. The number of carbonyl (C=O) groups is 2. The van der Waals surface area contributed by atoms with Crippen LogP contribution in [0.4, 0.5) is 13.2 Å². The number of carbonyl (C=O) groups excluding carboxylic acids is 2. The minimum atomic E-state index is -3.05. The van der Waals surface area contributed by atoms with Gasteiger partial charge in [0.1, 0.15) is 17.4 Å². The molecule has 0 radical (unpaired) electrons. The highest BCUT2D eigenvalue weighted by Gasteiger charge is 2.57. The number of aromatic nitrogens is 2. The Hall–Kier alpha value is -2.77. The van der Waals surface area contributed by atoms with Gasteiger partial charge in [0, 0.05) is 47.7 Å². The number of Topliss-reactive ketones (excluding diaryl/α,β-unsaturated/α-hetero) is 1. The summed E-state index contributed by atoms with van der Waals surface area (Å²) in [6.07, 6.45) is 2.96. The van der Waals surface area contributed by atoms with Gasteiger partial charge in [0.05, 0.1) is 0 Å². The number of rotatable bonds is 5. The minimum Gasteiger partial charge on any atom is -0.349 e. The lowest BCUT2D eigenvalue weighted by molar-refractivity contribution is -0.143. The molecule has 2 aliphatic rings. The Balaban J connectivity index is 1.44. The fourth-order valence-corrected chi connectivity index (χ4v) is 5.30. The van der Waals surface area contributed by atoms with Gasteiger partial charge in [-0.15, -0.1) is 0 Å². The van der Waals surface area contributed by atoms with Crippen LogP contribution in [0.1, 0.15) is 60.4 Å². The molecule has 2 aliphatic carbocycles. The Bertz CT molecular complexity index is 1030. The molecule has 1 aromatic carbocycles. The largest absolute Gasteiger partial charge is 0.349 e. The first-order valence-corrected chi connectivity index (χ1v) is 10.9. The molecule has 1 spiro atoms. The number of benzene rings is 1. The Morgan fingerprint density at radius 1 is 1.25 bits per heavy atom. The number of hydrogen-bond acceptors (Lipinski definition) is 4. The molecule has 2 saturated carbocycles. The normalized spacial score (nSPS) is 26.9. The third-order valence-electron chi connectivity index (χ3n) is 6.65. The molecule has 1 aromatic heterocycles. The quantitative estimate of drug-likeness (QED) is 0.739. The molecule has 1 heterocycles. The standard InChI is InChI=1S/C24H26F3N3O2/c1-15-28-10-8-19(29-15)6-5-16-7-9-23(21(16)31)12-20(13-24(26,27)14-23)30-22(32)17-3-2-4-18(25)11-17/h2-4,8,10-11,16,20H,5-7,9,12-14H2,1H3,(H,30,32)/t16?,20-,23+/m1/s1. The van der Waals surface area contributed by atoms with E-state index in [-0.39, 0.29) is 23.7 Å². The molecule has 8 heteroatoms. The first-order valence-electron chi connectivity index (χ1n) is 10.9. The summed E-state index contributed by atoms with van der Waals surface area (Å²) in [6.45, 7) is 1.79. The molecule has 3 atom stereocenters. The summed E-state index contributed by atoms with van der Waals surface area (Å²) in [5, 5.41) is 2.61. The van der Waals surface area contributed by atoms with E-state index in [1.165, 1.54) is 18.2 Å². The summed E-state index contributed by atoms with van der Waals surface area (Å²) >= 11 is 0. The van der Waals surface area contributed by atoms with Crippen LogP contribution in [0.2, 0.25) is 0 Å². The van der Waals surface area contributed by atoms with Gasteiger partial charge in [-0.1, -0.05) is 6.07 Å². The zero-order valence-corrected chi connectivity index (χ0v) is 17.9. The summed E-state index contributed by atoms with van der Waals surface area (Å²) in [6, 6.07) is 6.06. The fourth-order valence-electron chi connectivity index (χ4n) is 5.30. The predicted molar refractivity (Wildman–Crippen MR) is 112 cm³/mol. The lowest BCUT2D eigenvalue weighted by Crippen LogP contribution is -2.51. The van der Waals surface area contributed by atoms with E-state index in [0.717, 1.165) is 11.8 Å². The van der Waals surface area contributed by atoms with Crippen LogP contribution in [0.3, 0.4) is 0 Å². The van der Waals surface area contributed by atoms with Crippen molar-refractivity contribution in [2.24, 2.45) is 11.3 Å². The highest BCUT2D eigenvalue weighted by molar-refractivity contribution is 5.94. The summed E-state index contributed by atoms with van der Waals surface area (Å²) in [7, 11) is 0. The van der Waals surface area contributed by atoms with Crippen LogP contribution < -0.4 is 5.32 Å². The first-order chi connectivity index (χ1) is 15.2. The average molecular weight is 445 g/mol. The molecule has 0 aliphatic heterocycles. The molecule has 170 valence electrons. The van der Waals surface area contributed by atoms with Crippen molar-refractivity contribution in [3.63, 3.8) is 0 Å². The van der Waals surface area contributed by atoms with Gasteiger partial charge in [0.25, 0.3) is 11.8 Å². The van der Waals surface area contributed by atoms with Crippen molar-refractivity contribution in [3.05, 3.63) is 59.4 Å². The molecule has 1 unspecified atom stereocenters. The SMILES string of the molecule is Cc1nccc(CCC2CC[C@@]3(C[C@@H](NC(=O)c4cccc(F)c4)CC(F)(F)C3)C2=O)n1. The van der Waals surface area contributed by atoms with Crippen LogP contribution >= 0.6 is 0 Å². The van der Waals surface area contributed by atoms with Gasteiger partial charge in [-0.3, -0.25) is 9.59 Å². The number of nitrogens with one attached hydrogen (secondary N) is 1. The van der Waals surface area contributed by atoms with Gasteiger partial charge in [-0.05, 0) is 63.3 Å². The highest BCUT2D eigenvalue weighted by atomic mass is 19.3. The van der Waals surface area contributed by atoms with E-state index in [1.807, 2.05) is 0 Å². The molecule has 1 N–H and O–H groups in total. The van der Waals surface area contributed by atoms with Crippen molar-refractivity contribution < 1.29 is 22.8 Å². The maximum absolute atomic E-state index is 14.7. The Labute approximate surface area is 184 Å². The molecule has 0 bridgehead atoms. The molecule has 2 aromatic rings. The Kier molecular flexibility index (Phi) is 6.05. The summed E-state index contributed by atoms with van der Waals surface area (Å²) in [5.74, 6) is -4.00. The zero-order chi connectivity index (χ0) is 22.9. The topological polar surface area (TPSA) is 72.0 Å². The van der Waals surface area contributed by atoms with Gasteiger partial charge in [-0.25, -0.2) is 23.1 Å². The van der Waals surface area contributed by atoms with Crippen molar-refractivity contribution in [3.8, 4) is 0 Å². The van der Waals surface area contributed by atoms with Crippen LogP contribution in [0, 0.1) is 24.1 Å². The van der Waals surface area contributed by atoms with Gasteiger partial charge in [0.15, 0.2) is 0 Å². The maximum atomic E-state index is 14.7. The zero-order valence-electron chi connectivity index (χ0n) is 17.9. The molecule has 1 amide bonds. The van der Waals surface area contributed by atoms with E-state index in [9.17, 15) is 22.8 Å². The number of nitrogens with zero attached hydrogens (tertiary/aromatic N) is 2. The molecule has 0 saturated heterocycles. The van der Waals surface area contributed by atoms with Gasteiger partial charge in [-0.2, -0.15) is 0 Å². The maximum Gasteiger partial charge on any atom is 0.251 e. The van der Waals surface area contributed by atoms with Crippen LogP contribution in [-0.2, 0) is 11.2 Å². The molecule has 4 rings (SSSR count).